The highest BCUT2D eigenvalue weighted by atomic mass is 32.2. The van der Waals surface area contributed by atoms with Crippen LogP contribution in [0.1, 0.15) is 31.6 Å². The normalized spacial score (nSPS) is 24.9. The molecule has 0 unspecified atom stereocenters. The van der Waals surface area contributed by atoms with Crippen LogP contribution in [0.25, 0.3) is 11.4 Å². The fourth-order valence-corrected chi connectivity index (χ4v) is 4.94. The number of likely N-dealkylation sites (tertiary alicyclic amines) is 1. The van der Waals surface area contributed by atoms with Crippen molar-refractivity contribution in [3.63, 3.8) is 0 Å². The Morgan fingerprint density at radius 3 is 2.85 bits per heavy atom. The molecule has 7 nitrogen and oxygen atoms in total. The summed E-state index contributed by atoms with van der Waals surface area (Å²) < 4.78 is 28.4. The van der Waals surface area contributed by atoms with Crippen LogP contribution in [0.3, 0.4) is 0 Å². The standard InChI is InChI=1S/C19H23N3O4S/c1-27(24,25)11-9-16(23)22-12-15-8-5-10-19(15,13-22)18-20-17(21-26-18)14-6-3-2-4-7-14/h2-4,6-7,15H,5,8-13H2,1H3/t15-,19-/m1/s1. The number of hydrogen-bond donors (Lipinski definition) is 0. The number of carbonyl (C=O) groups excluding carboxylic acids is 1. The van der Waals surface area contributed by atoms with E-state index in [-0.39, 0.29) is 29.4 Å². The molecule has 2 aliphatic rings. The lowest BCUT2D eigenvalue weighted by molar-refractivity contribution is -0.130. The molecule has 1 aliphatic carbocycles. The summed E-state index contributed by atoms with van der Waals surface area (Å²) >= 11 is 0. The third-order valence-electron chi connectivity index (χ3n) is 5.79. The minimum Gasteiger partial charge on any atom is -0.341 e. The van der Waals surface area contributed by atoms with Gasteiger partial charge in [-0.25, -0.2) is 8.42 Å². The second-order valence-corrected chi connectivity index (χ2v) is 9.95. The molecule has 2 aromatic rings. The summed E-state index contributed by atoms with van der Waals surface area (Å²) in [6, 6.07) is 9.68. The lowest BCUT2D eigenvalue weighted by Gasteiger charge is -2.24. The number of carbonyl (C=O) groups is 1. The number of rotatable bonds is 5. The molecule has 1 aromatic heterocycles. The van der Waals surface area contributed by atoms with Crippen LogP contribution in [0.4, 0.5) is 0 Å². The van der Waals surface area contributed by atoms with Gasteiger partial charge >= 0.3 is 0 Å². The predicted molar refractivity (Wildman–Crippen MR) is 99.7 cm³/mol. The van der Waals surface area contributed by atoms with Gasteiger partial charge in [0.2, 0.25) is 17.6 Å². The van der Waals surface area contributed by atoms with Crippen molar-refractivity contribution in [1.29, 1.82) is 0 Å². The maximum absolute atomic E-state index is 12.5. The quantitative estimate of drug-likeness (QED) is 0.777. The van der Waals surface area contributed by atoms with Crippen molar-refractivity contribution in [2.24, 2.45) is 5.92 Å². The molecule has 1 saturated heterocycles. The summed E-state index contributed by atoms with van der Waals surface area (Å²) in [6.07, 6.45) is 4.17. The molecule has 1 saturated carbocycles. The molecule has 1 amide bonds. The summed E-state index contributed by atoms with van der Waals surface area (Å²) in [5, 5.41) is 4.16. The second-order valence-electron chi connectivity index (χ2n) is 7.69. The number of amides is 1. The Hall–Kier alpha value is -2.22. The van der Waals surface area contributed by atoms with E-state index >= 15 is 0 Å². The van der Waals surface area contributed by atoms with Gasteiger partial charge in [-0.3, -0.25) is 4.79 Å². The van der Waals surface area contributed by atoms with Crippen LogP contribution < -0.4 is 0 Å². The van der Waals surface area contributed by atoms with Crippen LogP contribution in [0.5, 0.6) is 0 Å². The third-order valence-corrected chi connectivity index (χ3v) is 6.74. The van der Waals surface area contributed by atoms with Crippen LogP contribution in [0, 0.1) is 5.92 Å². The molecule has 4 rings (SSSR count). The highest BCUT2D eigenvalue weighted by Crippen LogP contribution is 2.50. The zero-order valence-corrected chi connectivity index (χ0v) is 16.1. The van der Waals surface area contributed by atoms with Crippen molar-refractivity contribution < 1.29 is 17.7 Å². The Morgan fingerprint density at radius 2 is 2.11 bits per heavy atom. The first-order valence-corrected chi connectivity index (χ1v) is 11.3. The molecule has 0 spiro atoms. The van der Waals surface area contributed by atoms with Gasteiger partial charge in [0.25, 0.3) is 0 Å². The van der Waals surface area contributed by atoms with Crippen molar-refractivity contribution in [3.05, 3.63) is 36.2 Å². The van der Waals surface area contributed by atoms with Gasteiger partial charge in [-0.1, -0.05) is 41.9 Å². The minimum atomic E-state index is -3.15. The summed E-state index contributed by atoms with van der Waals surface area (Å²) in [5.41, 5.74) is 0.596. The van der Waals surface area contributed by atoms with Crippen molar-refractivity contribution in [3.8, 4) is 11.4 Å². The van der Waals surface area contributed by atoms with Crippen LogP contribution in [0.15, 0.2) is 34.9 Å². The molecule has 0 radical (unpaired) electrons. The molecule has 2 heterocycles. The van der Waals surface area contributed by atoms with Crippen molar-refractivity contribution in [2.45, 2.75) is 31.1 Å². The molecule has 27 heavy (non-hydrogen) atoms. The van der Waals surface area contributed by atoms with Crippen LogP contribution in [-0.4, -0.2) is 54.5 Å². The lowest BCUT2D eigenvalue weighted by atomic mass is 9.80. The van der Waals surface area contributed by atoms with Crippen molar-refractivity contribution in [2.75, 3.05) is 25.1 Å². The van der Waals surface area contributed by atoms with Crippen LogP contribution in [-0.2, 0) is 20.0 Å². The first kappa shape index (κ1) is 18.2. The monoisotopic (exact) mass is 389 g/mol. The summed E-state index contributed by atoms with van der Waals surface area (Å²) in [4.78, 5) is 19.0. The highest BCUT2D eigenvalue weighted by Gasteiger charge is 2.55. The fourth-order valence-electron chi connectivity index (χ4n) is 4.39. The number of fused-ring (bicyclic) bond motifs is 1. The molecule has 1 aromatic carbocycles. The molecule has 0 bridgehead atoms. The molecule has 1 aliphatic heterocycles. The molecular formula is C19H23N3O4S. The molecule has 144 valence electrons. The molecule has 0 N–H and O–H groups in total. The van der Waals surface area contributed by atoms with Gasteiger partial charge in [0.1, 0.15) is 9.84 Å². The van der Waals surface area contributed by atoms with E-state index in [1.165, 1.54) is 0 Å². The van der Waals surface area contributed by atoms with Crippen LogP contribution in [0.2, 0.25) is 0 Å². The Kier molecular flexibility index (Phi) is 4.53. The number of hydrogen-bond acceptors (Lipinski definition) is 6. The van der Waals surface area contributed by atoms with Gasteiger partial charge in [-0.2, -0.15) is 4.98 Å². The third kappa shape index (κ3) is 3.50. The van der Waals surface area contributed by atoms with E-state index < -0.39 is 9.84 Å². The summed E-state index contributed by atoms with van der Waals surface area (Å²) in [5.74, 6) is 1.22. The number of benzene rings is 1. The van der Waals surface area contributed by atoms with E-state index in [0.29, 0.717) is 24.8 Å². The van der Waals surface area contributed by atoms with Gasteiger partial charge in [-0.05, 0) is 18.8 Å². The average molecular weight is 389 g/mol. The average Bonchev–Trinajstić information content (AvgIpc) is 3.33. The van der Waals surface area contributed by atoms with E-state index in [1.54, 1.807) is 4.90 Å². The fraction of sp³-hybridized carbons (Fsp3) is 0.526. The Bertz CT molecular complexity index is 941. The van der Waals surface area contributed by atoms with Crippen molar-refractivity contribution in [1.82, 2.24) is 15.0 Å². The summed E-state index contributed by atoms with van der Waals surface area (Å²) in [6.45, 7) is 1.16. The van der Waals surface area contributed by atoms with Crippen LogP contribution >= 0.6 is 0 Å². The zero-order chi connectivity index (χ0) is 19.1. The maximum Gasteiger partial charge on any atom is 0.235 e. The molecular weight excluding hydrogens is 366 g/mol. The van der Waals surface area contributed by atoms with Gasteiger partial charge < -0.3 is 9.42 Å². The Labute approximate surface area is 158 Å². The Morgan fingerprint density at radius 1 is 1.33 bits per heavy atom. The SMILES string of the molecule is CS(=O)(=O)CCC(=O)N1C[C@H]2CCC[C@@]2(c2nc(-c3ccccc3)no2)C1. The van der Waals surface area contributed by atoms with E-state index in [2.05, 4.69) is 10.1 Å². The van der Waals surface area contributed by atoms with E-state index in [0.717, 1.165) is 31.1 Å². The second kappa shape index (κ2) is 6.74. The van der Waals surface area contributed by atoms with Gasteiger partial charge in [-0.15, -0.1) is 0 Å². The first-order chi connectivity index (χ1) is 12.9. The smallest absolute Gasteiger partial charge is 0.235 e. The first-order valence-electron chi connectivity index (χ1n) is 9.22. The van der Waals surface area contributed by atoms with Gasteiger partial charge in [0.15, 0.2) is 0 Å². The molecule has 2 fully saturated rings. The zero-order valence-electron chi connectivity index (χ0n) is 15.3. The van der Waals surface area contributed by atoms with E-state index in [1.807, 2.05) is 30.3 Å². The van der Waals surface area contributed by atoms with Gasteiger partial charge in [0, 0.05) is 31.3 Å². The molecule has 8 heteroatoms. The summed E-state index contributed by atoms with van der Waals surface area (Å²) in [7, 11) is -3.15. The predicted octanol–water partition coefficient (Wildman–Crippen LogP) is 2.05. The minimum absolute atomic E-state index is 0.0285. The number of sulfone groups is 1. The lowest BCUT2D eigenvalue weighted by Crippen LogP contribution is -2.35. The largest absolute Gasteiger partial charge is 0.341 e. The van der Waals surface area contributed by atoms with Crippen molar-refractivity contribution >= 4 is 15.7 Å². The van der Waals surface area contributed by atoms with Gasteiger partial charge in [0.05, 0.1) is 11.2 Å². The number of nitrogens with zero attached hydrogens (tertiary/aromatic N) is 3. The highest BCUT2D eigenvalue weighted by molar-refractivity contribution is 7.90. The van der Waals surface area contributed by atoms with E-state index in [9.17, 15) is 13.2 Å². The maximum atomic E-state index is 12.5. The topological polar surface area (TPSA) is 93.4 Å². The Balaban J connectivity index is 1.55. The molecule has 2 atom stereocenters. The number of aromatic nitrogens is 2. The van der Waals surface area contributed by atoms with E-state index in [4.69, 9.17) is 4.52 Å².